The van der Waals surface area contributed by atoms with E-state index in [0.717, 1.165) is 5.56 Å². The van der Waals surface area contributed by atoms with Gasteiger partial charge in [0.2, 0.25) is 0 Å². The average Bonchev–Trinajstić information content (AvgIpc) is 3.12. The molecule has 0 heterocycles. The summed E-state index contributed by atoms with van der Waals surface area (Å²) in [5, 5.41) is 0. The Labute approximate surface area is 271 Å². The van der Waals surface area contributed by atoms with Gasteiger partial charge in [-0.25, -0.2) is 0 Å². The van der Waals surface area contributed by atoms with Crippen molar-refractivity contribution < 1.29 is 23.8 Å². The third kappa shape index (κ3) is 8.09. The number of hydrogen-bond donors (Lipinski definition) is 0. The number of nitrogens with zero attached hydrogens (tertiary/aromatic N) is 1. The van der Waals surface area contributed by atoms with E-state index in [1.54, 1.807) is 0 Å². The number of carbonyl (C=O) groups excluding carboxylic acids is 2. The second-order valence-corrected chi connectivity index (χ2v) is 11.2. The van der Waals surface area contributed by atoms with Crippen LogP contribution < -0.4 is 4.74 Å². The van der Waals surface area contributed by atoms with Gasteiger partial charge in [0.05, 0.1) is 20.3 Å². The third-order valence-electron chi connectivity index (χ3n) is 8.16. The van der Waals surface area contributed by atoms with E-state index in [1.165, 1.54) is 47.6 Å². The van der Waals surface area contributed by atoms with Crippen LogP contribution in [0, 0.1) is 5.92 Å². The first-order valence-corrected chi connectivity index (χ1v) is 15.3. The number of likely N-dealkylation sites (N-methyl/N-ethyl adjacent to an activating group) is 1. The second-order valence-electron chi connectivity index (χ2n) is 11.2. The molecule has 0 N–H and O–H groups in total. The minimum atomic E-state index is -1.00. The minimum absolute atomic E-state index is 0.0224. The fourth-order valence-corrected chi connectivity index (χ4v) is 5.62. The topological polar surface area (TPSA) is 65.1 Å². The van der Waals surface area contributed by atoms with Crippen molar-refractivity contribution in [1.82, 2.24) is 4.90 Å². The monoisotopic (exact) mass is 613 g/mol. The highest BCUT2D eigenvalue weighted by Gasteiger charge is 2.28. The lowest BCUT2D eigenvalue weighted by molar-refractivity contribution is -0.158. The summed E-state index contributed by atoms with van der Waals surface area (Å²) in [4.78, 5) is 26.4. The Morgan fingerprint density at radius 2 is 1.02 bits per heavy atom. The van der Waals surface area contributed by atoms with Crippen LogP contribution in [-0.4, -0.2) is 51.3 Å². The average molecular weight is 614 g/mol. The molecule has 5 aromatic carbocycles. The van der Waals surface area contributed by atoms with Gasteiger partial charge >= 0.3 is 11.9 Å². The maximum atomic E-state index is 12.1. The Kier molecular flexibility index (Phi) is 11.0. The van der Waals surface area contributed by atoms with E-state index >= 15 is 0 Å². The van der Waals surface area contributed by atoms with Crippen LogP contribution >= 0.6 is 0 Å². The van der Waals surface area contributed by atoms with Crippen molar-refractivity contribution in [3.63, 3.8) is 0 Å². The highest BCUT2D eigenvalue weighted by molar-refractivity contribution is 5.95. The van der Waals surface area contributed by atoms with Crippen LogP contribution in [0.2, 0.25) is 0 Å². The quantitative estimate of drug-likeness (QED) is 0.101. The predicted molar refractivity (Wildman–Crippen MR) is 181 cm³/mol. The van der Waals surface area contributed by atoms with Gasteiger partial charge in [0.15, 0.2) is 5.92 Å². The molecule has 0 amide bonds. The molecule has 0 bridgehead atoms. The van der Waals surface area contributed by atoms with E-state index in [9.17, 15) is 9.59 Å². The molecule has 6 nitrogen and oxygen atoms in total. The van der Waals surface area contributed by atoms with Crippen molar-refractivity contribution in [3.05, 3.63) is 150 Å². The zero-order valence-electron chi connectivity index (χ0n) is 26.5. The highest BCUT2D eigenvalue weighted by atomic mass is 16.5. The molecule has 0 aliphatic rings. The van der Waals surface area contributed by atoms with Crippen LogP contribution in [0.25, 0.3) is 22.3 Å². The van der Waals surface area contributed by atoms with E-state index in [-0.39, 0.29) is 12.5 Å². The molecule has 0 fully saturated rings. The lowest BCUT2D eigenvalue weighted by Gasteiger charge is -2.29. The number of rotatable bonds is 13. The van der Waals surface area contributed by atoms with Gasteiger partial charge in [0.1, 0.15) is 12.4 Å². The van der Waals surface area contributed by atoms with Gasteiger partial charge in [0.25, 0.3) is 0 Å². The van der Waals surface area contributed by atoms with Gasteiger partial charge in [-0.15, -0.1) is 0 Å². The Morgan fingerprint density at radius 3 is 1.46 bits per heavy atom. The Balaban J connectivity index is 1.29. The molecule has 234 valence electrons. The standard InChI is InChI=1S/C40H39NO5/c1-41(26-27-46-36-24-14-29(15-25-36)28-37(39(42)44-2)40(43)45-3)38(34-20-16-32(17-21-34)30-10-6-4-7-11-30)35-22-18-33(19-23-35)31-12-8-5-9-13-31/h4-25,37-38H,26-28H2,1-3H3. The molecular formula is C40H39NO5. The zero-order valence-corrected chi connectivity index (χ0v) is 26.5. The predicted octanol–water partition coefficient (Wildman–Crippen LogP) is 7.63. The van der Waals surface area contributed by atoms with E-state index < -0.39 is 17.9 Å². The molecule has 0 aliphatic heterocycles. The largest absolute Gasteiger partial charge is 0.492 e. The summed E-state index contributed by atoms with van der Waals surface area (Å²) >= 11 is 0. The summed E-state index contributed by atoms with van der Waals surface area (Å²) in [6.07, 6.45) is 0.191. The summed E-state index contributed by atoms with van der Waals surface area (Å²) in [5.41, 5.74) is 7.95. The fourth-order valence-electron chi connectivity index (χ4n) is 5.62. The third-order valence-corrected chi connectivity index (χ3v) is 8.16. The first-order chi connectivity index (χ1) is 22.5. The van der Waals surface area contributed by atoms with Crippen molar-refractivity contribution in [2.24, 2.45) is 5.92 Å². The van der Waals surface area contributed by atoms with Crippen molar-refractivity contribution >= 4 is 11.9 Å². The van der Waals surface area contributed by atoms with Crippen LogP contribution in [0.3, 0.4) is 0 Å². The molecule has 0 saturated carbocycles. The van der Waals surface area contributed by atoms with Crippen LogP contribution in [0.4, 0.5) is 0 Å². The van der Waals surface area contributed by atoms with Gasteiger partial charge in [0, 0.05) is 6.54 Å². The van der Waals surface area contributed by atoms with Crippen LogP contribution in [0.15, 0.2) is 133 Å². The molecule has 0 saturated heterocycles. The van der Waals surface area contributed by atoms with Gasteiger partial charge in [-0.05, 0) is 64.5 Å². The molecule has 0 radical (unpaired) electrons. The summed E-state index contributed by atoms with van der Waals surface area (Å²) in [6.45, 7) is 1.16. The lowest BCUT2D eigenvalue weighted by Crippen LogP contribution is -2.30. The van der Waals surface area contributed by atoms with E-state index in [2.05, 4.69) is 109 Å². The molecule has 0 atom stereocenters. The summed E-state index contributed by atoms with van der Waals surface area (Å²) in [5.74, 6) is -1.53. The Bertz CT molecular complexity index is 1590. The van der Waals surface area contributed by atoms with E-state index in [1.807, 2.05) is 36.4 Å². The smallest absolute Gasteiger partial charge is 0.320 e. The molecule has 0 aliphatic carbocycles. The Hall–Kier alpha value is -5.20. The van der Waals surface area contributed by atoms with E-state index in [0.29, 0.717) is 18.9 Å². The van der Waals surface area contributed by atoms with Crippen molar-refractivity contribution in [2.75, 3.05) is 34.4 Å². The van der Waals surface area contributed by atoms with Crippen molar-refractivity contribution in [1.29, 1.82) is 0 Å². The van der Waals surface area contributed by atoms with Gasteiger partial charge < -0.3 is 14.2 Å². The van der Waals surface area contributed by atoms with Crippen LogP contribution in [0.5, 0.6) is 5.75 Å². The number of methoxy groups -OCH3 is 2. The highest BCUT2D eigenvalue weighted by Crippen LogP contribution is 2.31. The normalized spacial score (nSPS) is 11.1. The number of carbonyl (C=O) groups is 2. The zero-order chi connectivity index (χ0) is 32.3. The molecule has 46 heavy (non-hydrogen) atoms. The van der Waals surface area contributed by atoms with Crippen LogP contribution in [0.1, 0.15) is 22.7 Å². The molecular weight excluding hydrogens is 574 g/mol. The number of esters is 2. The maximum absolute atomic E-state index is 12.1. The Morgan fingerprint density at radius 1 is 0.587 bits per heavy atom. The van der Waals surface area contributed by atoms with Gasteiger partial charge in [-0.1, -0.05) is 121 Å². The summed E-state index contributed by atoms with van der Waals surface area (Å²) in [7, 11) is 4.64. The van der Waals surface area contributed by atoms with E-state index in [4.69, 9.17) is 14.2 Å². The fraction of sp³-hybridized carbons (Fsp3) is 0.200. The first kappa shape index (κ1) is 32.2. The molecule has 0 unspecified atom stereocenters. The van der Waals surface area contributed by atoms with Crippen molar-refractivity contribution in [3.8, 4) is 28.0 Å². The first-order valence-electron chi connectivity index (χ1n) is 15.3. The SMILES string of the molecule is COC(=O)C(Cc1ccc(OCCN(C)C(c2ccc(-c3ccccc3)cc2)c2ccc(-c3ccccc3)cc2)cc1)C(=O)OC. The number of benzene rings is 5. The number of ether oxygens (including phenoxy) is 3. The summed E-state index contributed by atoms with van der Waals surface area (Å²) < 4.78 is 15.7. The molecule has 0 spiro atoms. The number of hydrogen-bond acceptors (Lipinski definition) is 6. The van der Waals surface area contributed by atoms with Gasteiger partial charge in [-0.2, -0.15) is 0 Å². The summed E-state index contributed by atoms with van der Waals surface area (Å²) in [6, 6.07) is 45.8. The minimum Gasteiger partial charge on any atom is -0.492 e. The second kappa shape index (κ2) is 15.7. The maximum Gasteiger partial charge on any atom is 0.320 e. The molecule has 5 rings (SSSR count). The lowest BCUT2D eigenvalue weighted by atomic mass is 9.93. The van der Waals surface area contributed by atoms with Crippen molar-refractivity contribution in [2.45, 2.75) is 12.5 Å². The van der Waals surface area contributed by atoms with Crippen LogP contribution in [-0.2, 0) is 25.5 Å². The molecule has 6 heteroatoms. The molecule has 0 aromatic heterocycles. The molecule has 5 aromatic rings. The van der Waals surface area contributed by atoms with Gasteiger partial charge in [-0.3, -0.25) is 14.5 Å².